The molecule has 2 rings (SSSR count). The van der Waals surface area contributed by atoms with Crippen molar-refractivity contribution in [3.63, 3.8) is 0 Å². The molecule has 0 unspecified atom stereocenters. The lowest BCUT2D eigenvalue weighted by atomic mass is 9.93. The topological polar surface area (TPSA) is 50.4 Å². The maximum Gasteiger partial charge on any atom is 0.231 e. The third kappa shape index (κ3) is 1.71. The van der Waals surface area contributed by atoms with Crippen LogP contribution in [-0.2, 0) is 4.79 Å². The Hall–Kier alpha value is -1.71. The molecular weight excluding hydrogens is 204 g/mol. The lowest BCUT2D eigenvalue weighted by Gasteiger charge is -2.19. The number of nitrogens with one attached hydrogen (secondary N) is 2. The smallest absolute Gasteiger partial charge is 0.231 e. The highest BCUT2D eigenvalue weighted by atomic mass is 16.5. The molecular formula is C12H16N2O2. The van der Waals surface area contributed by atoms with Gasteiger partial charge in [-0.1, -0.05) is 6.07 Å². The van der Waals surface area contributed by atoms with E-state index in [1.165, 1.54) is 0 Å². The van der Waals surface area contributed by atoms with Gasteiger partial charge in [0, 0.05) is 6.54 Å². The van der Waals surface area contributed by atoms with E-state index in [-0.39, 0.29) is 5.91 Å². The van der Waals surface area contributed by atoms with Crippen LogP contribution in [0.4, 0.5) is 11.4 Å². The summed E-state index contributed by atoms with van der Waals surface area (Å²) in [5.74, 6) is 0.680. The third-order valence-electron chi connectivity index (χ3n) is 2.82. The summed E-state index contributed by atoms with van der Waals surface area (Å²) in [6, 6.07) is 5.66. The molecule has 4 heteroatoms. The van der Waals surface area contributed by atoms with Crippen LogP contribution >= 0.6 is 0 Å². The minimum atomic E-state index is -0.427. The summed E-state index contributed by atoms with van der Waals surface area (Å²) in [5.41, 5.74) is 1.20. The normalized spacial score (nSPS) is 17.8. The standard InChI is InChI=1S/C12H16N2O2/c1-12(2)7-13-8-5-4-6-9(16-3)10(8)14-11(12)15/h4-6,13H,7H2,1-3H3,(H,14,15). The average molecular weight is 220 g/mol. The molecule has 0 saturated carbocycles. The fourth-order valence-corrected chi connectivity index (χ4v) is 1.66. The van der Waals surface area contributed by atoms with Gasteiger partial charge in [0.05, 0.1) is 18.2 Å². The number of carbonyl (C=O) groups excluding carboxylic acids is 1. The van der Waals surface area contributed by atoms with E-state index in [2.05, 4.69) is 10.6 Å². The molecule has 0 fully saturated rings. The lowest BCUT2D eigenvalue weighted by Crippen LogP contribution is -2.34. The molecule has 0 spiro atoms. The minimum absolute atomic E-state index is 0.00301. The first-order chi connectivity index (χ1) is 7.54. The number of rotatable bonds is 1. The molecule has 0 aromatic heterocycles. The number of ether oxygens (including phenoxy) is 1. The Labute approximate surface area is 95.0 Å². The molecule has 2 N–H and O–H groups in total. The number of para-hydroxylation sites is 1. The summed E-state index contributed by atoms with van der Waals surface area (Å²) in [4.78, 5) is 12.0. The van der Waals surface area contributed by atoms with Crippen LogP contribution < -0.4 is 15.4 Å². The van der Waals surface area contributed by atoms with Crippen LogP contribution in [0, 0.1) is 5.41 Å². The van der Waals surface area contributed by atoms with Gasteiger partial charge >= 0.3 is 0 Å². The van der Waals surface area contributed by atoms with Crippen LogP contribution in [-0.4, -0.2) is 19.6 Å². The summed E-state index contributed by atoms with van der Waals surface area (Å²) in [5, 5.41) is 6.16. The second-order valence-electron chi connectivity index (χ2n) is 4.57. The van der Waals surface area contributed by atoms with Gasteiger partial charge in [-0.15, -0.1) is 0 Å². The third-order valence-corrected chi connectivity index (χ3v) is 2.82. The number of benzene rings is 1. The van der Waals surface area contributed by atoms with E-state index in [0.29, 0.717) is 12.3 Å². The number of hydrogen-bond acceptors (Lipinski definition) is 3. The van der Waals surface area contributed by atoms with Crippen LogP contribution in [0.25, 0.3) is 0 Å². The Morgan fingerprint density at radius 3 is 2.81 bits per heavy atom. The van der Waals surface area contributed by atoms with E-state index in [1.54, 1.807) is 7.11 Å². The minimum Gasteiger partial charge on any atom is -0.494 e. The van der Waals surface area contributed by atoms with Gasteiger partial charge in [0.1, 0.15) is 11.4 Å². The first kappa shape index (κ1) is 10.8. The van der Waals surface area contributed by atoms with Crippen molar-refractivity contribution in [3.05, 3.63) is 18.2 Å². The van der Waals surface area contributed by atoms with E-state index in [1.807, 2.05) is 32.0 Å². The van der Waals surface area contributed by atoms with Crippen molar-refractivity contribution in [3.8, 4) is 5.75 Å². The Kier molecular flexibility index (Phi) is 2.50. The highest BCUT2D eigenvalue weighted by molar-refractivity contribution is 6.01. The quantitative estimate of drug-likeness (QED) is 0.762. The highest BCUT2D eigenvalue weighted by Crippen LogP contribution is 2.36. The summed E-state index contributed by atoms with van der Waals surface area (Å²) >= 11 is 0. The van der Waals surface area contributed by atoms with Crippen LogP contribution in [0.1, 0.15) is 13.8 Å². The first-order valence-electron chi connectivity index (χ1n) is 5.27. The number of amides is 1. The molecule has 86 valence electrons. The van der Waals surface area contributed by atoms with Crippen molar-refractivity contribution < 1.29 is 9.53 Å². The average Bonchev–Trinajstić information content (AvgIpc) is 2.37. The van der Waals surface area contributed by atoms with E-state index in [0.717, 1.165) is 11.4 Å². The van der Waals surface area contributed by atoms with E-state index >= 15 is 0 Å². The van der Waals surface area contributed by atoms with Crippen molar-refractivity contribution in [2.45, 2.75) is 13.8 Å². The van der Waals surface area contributed by atoms with Crippen molar-refractivity contribution in [1.29, 1.82) is 0 Å². The van der Waals surface area contributed by atoms with Crippen molar-refractivity contribution >= 4 is 17.3 Å². The zero-order valence-corrected chi connectivity index (χ0v) is 9.76. The summed E-state index contributed by atoms with van der Waals surface area (Å²) < 4.78 is 5.23. The Morgan fingerprint density at radius 1 is 1.38 bits per heavy atom. The molecule has 0 atom stereocenters. The molecule has 0 aliphatic carbocycles. The fraction of sp³-hybridized carbons (Fsp3) is 0.417. The number of methoxy groups -OCH3 is 1. The largest absolute Gasteiger partial charge is 0.494 e. The van der Waals surface area contributed by atoms with Gasteiger partial charge in [-0.25, -0.2) is 0 Å². The first-order valence-corrected chi connectivity index (χ1v) is 5.27. The van der Waals surface area contributed by atoms with Gasteiger partial charge in [0.15, 0.2) is 0 Å². The summed E-state index contributed by atoms with van der Waals surface area (Å²) in [6.07, 6.45) is 0. The van der Waals surface area contributed by atoms with Gasteiger partial charge in [-0.2, -0.15) is 0 Å². The fourth-order valence-electron chi connectivity index (χ4n) is 1.66. The molecule has 0 radical (unpaired) electrons. The number of anilines is 2. The van der Waals surface area contributed by atoms with Crippen molar-refractivity contribution in [2.75, 3.05) is 24.3 Å². The van der Waals surface area contributed by atoms with Crippen molar-refractivity contribution in [1.82, 2.24) is 0 Å². The second-order valence-corrected chi connectivity index (χ2v) is 4.57. The molecule has 0 bridgehead atoms. The maximum atomic E-state index is 12.0. The molecule has 1 heterocycles. The van der Waals surface area contributed by atoms with Crippen LogP contribution in [0.2, 0.25) is 0 Å². The molecule has 16 heavy (non-hydrogen) atoms. The van der Waals surface area contributed by atoms with Gasteiger partial charge in [0.2, 0.25) is 5.91 Å². The Balaban J connectivity index is 2.45. The zero-order valence-electron chi connectivity index (χ0n) is 9.76. The Morgan fingerprint density at radius 2 is 2.12 bits per heavy atom. The molecule has 4 nitrogen and oxygen atoms in total. The maximum absolute atomic E-state index is 12.0. The van der Waals surface area contributed by atoms with Crippen LogP contribution in [0.5, 0.6) is 5.75 Å². The molecule has 0 saturated heterocycles. The van der Waals surface area contributed by atoms with Gasteiger partial charge < -0.3 is 15.4 Å². The number of hydrogen-bond donors (Lipinski definition) is 2. The summed E-state index contributed by atoms with van der Waals surface area (Å²) in [6.45, 7) is 4.43. The van der Waals surface area contributed by atoms with E-state index < -0.39 is 5.41 Å². The predicted octanol–water partition coefficient (Wildman–Crippen LogP) is 2.09. The van der Waals surface area contributed by atoms with Crippen LogP contribution in [0.3, 0.4) is 0 Å². The Bertz CT molecular complexity index is 427. The van der Waals surface area contributed by atoms with E-state index in [4.69, 9.17) is 4.74 Å². The summed E-state index contributed by atoms with van der Waals surface area (Å²) in [7, 11) is 1.60. The molecule has 1 aliphatic heterocycles. The predicted molar refractivity (Wildman–Crippen MR) is 63.9 cm³/mol. The molecule has 1 aliphatic rings. The van der Waals surface area contributed by atoms with Gasteiger partial charge in [0.25, 0.3) is 0 Å². The van der Waals surface area contributed by atoms with E-state index in [9.17, 15) is 4.79 Å². The molecule has 1 amide bonds. The molecule has 1 aromatic carbocycles. The number of carbonyl (C=O) groups is 1. The lowest BCUT2D eigenvalue weighted by molar-refractivity contribution is -0.123. The monoisotopic (exact) mass is 220 g/mol. The SMILES string of the molecule is COc1cccc2c1NC(=O)C(C)(C)CN2. The molecule has 1 aromatic rings. The second kappa shape index (κ2) is 3.70. The number of fused-ring (bicyclic) bond motifs is 1. The van der Waals surface area contributed by atoms with Gasteiger partial charge in [-0.3, -0.25) is 4.79 Å². The van der Waals surface area contributed by atoms with Crippen molar-refractivity contribution in [2.24, 2.45) is 5.41 Å². The zero-order chi connectivity index (χ0) is 11.8. The van der Waals surface area contributed by atoms with Crippen LogP contribution in [0.15, 0.2) is 18.2 Å². The van der Waals surface area contributed by atoms with Gasteiger partial charge in [-0.05, 0) is 26.0 Å². The highest BCUT2D eigenvalue weighted by Gasteiger charge is 2.31.